The molecule has 2 rings (SSSR count). The molecule has 15 heavy (non-hydrogen) atoms. The maximum absolute atomic E-state index is 10.6. The van der Waals surface area contributed by atoms with Gasteiger partial charge in [-0.05, 0) is 28.1 Å². The zero-order valence-corrected chi connectivity index (χ0v) is 10.6. The van der Waals surface area contributed by atoms with Gasteiger partial charge in [0, 0.05) is 10.6 Å². The molecule has 1 aromatic heterocycles. The Morgan fingerprint density at radius 3 is 2.53 bits per heavy atom. The number of carbonyl (C=O) groups is 1. The molecule has 5 heteroatoms. The van der Waals surface area contributed by atoms with Crippen molar-refractivity contribution in [1.29, 1.82) is 0 Å². The summed E-state index contributed by atoms with van der Waals surface area (Å²) < 4.78 is 0.752. The summed E-state index contributed by atoms with van der Waals surface area (Å²) in [4.78, 5) is 14.8. The van der Waals surface area contributed by atoms with Crippen LogP contribution in [-0.2, 0) is 0 Å². The first-order valence-corrected chi connectivity index (χ1v) is 6.07. The van der Waals surface area contributed by atoms with Crippen LogP contribution in [0.2, 0.25) is 5.02 Å². The van der Waals surface area contributed by atoms with E-state index in [1.165, 1.54) is 11.3 Å². The van der Waals surface area contributed by atoms with E-state index >= 15 is 0 Å². The molecule has 2 nitrogen and oxygen atoms in total. The number of halogens is 2. The molecule has 1 aromatic carbocycles. The largest absolute Gasteiger partial charge is 0.296 e. The Labute approximate surface area is 104 Å². The van der Waals surface area contributed by atoms with Crippen molar-refractivity contribution >= 4 is 45.2 Å². The van der Waals surface area contributed by atoms with Crippen LogP contribution in [0.15, 0.2) is 28.1 Å². The third-order valence-corrected chi connectivity index (χ3v) is 3.86. The summed E-state index contributed by atoms with van der Waals surface area (Å²) in [5.74, 6) is 0. The van der Waals surface area contributed by atoms with Crippen LogP contribution in [-0.4, -0.2) is 11.3 Å². The van der Waals surface area contributed by atoms with Crippen LogP contribution in [0.4, 0.5) is 0 Å². The van der Waals surface area contributed by atoms with Crippen molar-refractivity contribution in [3.63, 3.8) is 0 Å². The fourth-order valence-electron chi connectivity index (χ4n) is 1.10. The molecule has 0 fully saturated rings. The van der Waals surface area contributed by atoms with Crippen molar-refractivity contribution < 1.29 is 4.79 Å². The van der Waals surface area contributed by atoms with Crippen LogP contribution in [0.1, 0.15) is 10.5 Å². The predicted molar refractivity (Wildman–Crippen MR) is 65.6 cm³/mol. The van der Waals surface area contributed by atoms with Crippen LogP contribution in [0.5, 0.6) is 0 Å². The van der Waals surface area contributed by atoms with Gasteiger partial charge in [-0.1, -0.05) is 23.7 Å². The first-order valence-electron chi connectivity index (χ1n) is 4.08. The van der Waals surface area contributed by atoms with Gasteiger partial charge in [-0.25, -0.2) is 4.98 Å². The fraction of sp³-hybridized carbons (Fsp3) is 0. The molecule has 0 unspecified atom stereocenters. The van der Waals surface area contributed by atoms with E-state index in [0.717, 1.165) is 20.6 Å². The molecule has 0 atom stereocenters. The van der Waals surface area contributed by atoms with Crippen molar-refractivity contribution in [2.45, 2.75) is 0 Å². The summed E-state index contributed by atoms with van der Waals surface area (Å²) >= 11 is 10.5. The van der Waals surface area contributed by atoms with E-state index in [4.69, 9.17) is 11.6 Å². The molecule has 76 valence electrons. The second-order valence-electron chi connectivity index (χ2n) is 2.80. The fourth-order valence-corrected chi connectivity index (χ4v) is 2.64. The summed E-state index contributed by atoms with van der Waals surface area (Å²) in [5.41, 5.74) is 1.39. The summed E-state index contributed by atoms with van der Waals surface area (Å²) in [6.45, 7) is 0. The molecule has 2 aromatic rings. The van der Waals surface area contributed by atoms with E-state index in [9.17, 15) is 4.79 Å². The molecule has 0 aliphatic carbocycles. The SMILES string of the molecule is O=Cc1nc(-c2ccc(Cl)cc2)sc1Br. The van der Waals surface area contributed by atoms with Gasteiger partial charge in [0.25, 0.3) is 0 Å². The molecule has 0 spiro atoms. The average molecular weight is 303 g/mol. The lowest BCUT2D eigenvalue weighted by atomic mass is 10.2. The number of carbonyl (C=O) groups excluding carboxylic acids is 1. The molecule has 0 amide bonds. The van der Waals surface area contributed by atoms with Crippen molar-refractivity contribution in [2.24, 2.45) is 0 Å². The second-order valence-corrected chi connectivity index (χ2v) is 5.56. The number of aldehydes is 1. The average Bonchev–Trinajstić information content (AvgIpc) is 2.61. The highest BCUT2D eigenvalue weighted by atomic mass is 79.9. The maximum atomic E-state index is 10.6. The Morgan fingerprint density at radius 2 is 2.00 bits per heavy atom. The van der Waals surface area contributed by atoms with Crippen molar-refractivity contribution in [3.8, 4) is 10.6 Å². The van der Waals surface area contributed by atoms with Crippen molar-refractivity contribution in [1.82, 2.24) is 4.98 Å². The molecular formula is C10H5BrClNOS. The lowest BCUT2D eigenvalue weighted by molar-refractivity contribution is 0.111. The summed E-state index contributed by atoms with van der Waals surface area (Å²) in [5, 5.41) is 1.49. The Balaban J connectivity index is 2.45. The molecule has 0 saturated carbocycles. The van der Waals surface area contributed by atoms with Gasteiger partial charge in [-0.15, -0.1) is 11.3 Å². The number of hydrogen-bond acceptors (Lipinski definition) is 3. The van der Waals surface area contributed by atoms with Gasteiger partial charge in [0.2, 0.25) is 0 Å². The van der Waals surface area contributed by atoms with Gasteiger partial charge in [-0.2, -0.15) is 0 Å². The van der Waals surface area contributed by atoms with Gasteiger partial charge >= 0.3 is 0 Å². The first-order chi connectivity index (χ1) is 7.20. The number of thiazole rings is 1. The van der Waals surface area contributed by atoms with Crippen LogP contribution < -0.4 is 0 Å². The predicted octanol–water partition coefficient (Wildman–Crippen LogP) is 4.04. The highest BCUT2D eigenvalue weighted by Crippen LogP contribution is 2.31. The smallest absolute Gasteiger partial charge is 0.170 e. The Morgan fingerprint density at radius 1 is 1.33 bits per heavy atom. The van der Waals surface area contributed by atoms with Gasteiger partial charge in [0.05, 0.1) is 0 Å². The Bertz CT molecular complexity index is 495. The molecule has 0 aliphatic heterocycles. The van der Waals surface area contributed by atoms with E-state index in [-0.39, 0.29) is 0 Å². The topological polar surface area (TPSA) is 30.0 Å². The van der Waals surface area contributed by atoms with Gasteiger partial charge in [0.15, 0.2) is 6.29 Å². The van der Waals surface area contributed by atoms with Gasteiger partial charge in [0.1, 0.15) is 14.5 Å². The molecule has 0 saturated heterocycles. The van der Waals surface area contributed by atoms with E-state index in [1.54, 1.807) is 12.1 Å². The second kappa shape index (κ2) is 4.43. The number of aromatic nitrogens is 1. The monoisotopic (exact) mass is 301 g/mol. The third kappa shape index (κ3) is 2.27. The maximum Gasteiger partial charge on any atom is 0.170 e. The highest BCUT2D eigenvalue weighted by molar-refractivity contribution is 9.11. The molecular weight excluding hydrogens is 298 g/mol. The minimum absolute atomic E-state index is 0.435. The molecule has 1 heterocycles. The normalized spacial score (nSPS) is 10.3. The number of hydrogen-bond donors (Lipinski definition) is 0. The zero-order chi connectivity index (χ0) is 10.8. The lowest BCUT2D eigenvalue weighted by Gasteiger charge is -1.94. The number of benzene rings is 1. The minimum Gasteiger partial charge on any atom is -0.296 e. The van der Waals surface area contributed by atoms with Crippen molar-refractivity contribution in [2.75, 3.05) is 0 Å². The third-order valence-electron chi connectivity index (χ3n) is 1.81. The quantitative estimate of drug-likeness (QED) is 0.784. The van der Waals surface area contributed by atoms with E-state index in [1.807, 2.05) is 12.1 Å². The number of nitrogens with zero attached hydrogens (tertiary/aromatic N) is 1. The highest BCUT2D eigenvalue weighted by Gasteiger charge is 2.09. The van der Waals surface area contributed by atoms with E-state index < -0.39 is 0 Å². The Hall–Kier alpha value is -0.710. The Kier molecular flexibility index (Phi) is 3.19. The van der Waals surface area contributed by atoms with Crippen LogP contribution in [0.3, 0.4) is 0 Å². The van der Waals surface area contributed by atoms with Gasteiger partial charge < -0.3 is 0 Å². The van der Waals surface area contributed by atoms with E-state index in [2.05, 4.69) is 20.9 Å². The van der Waals surface area contributed by atoms with E-state index in [0.29, 0.717) is 10.7 Å². The minimum atomic E-state index is 0.435. The van der Waals surface area contributed by atoms with Crippen LogP contribution in [0.25, 0.3) is 10.6 Å². The van der Waals surface area contributed by atoms with Crippen LogP contribution in [0, 0.1) is 0 Å². The molecule has 0 bridgehead atoms. The zero-order valence-electron chi connectivity index (χ0n) is 7.41. The summed E-state index contributed by atoms with van der Waals surface area (Å²) in [7, 11) is 0. The van der Waals surface area contributed by atoms with Crippen LogP contribution >= 0.6 is 38.9 Å². The molecule has 0 aliphatic rings. The number of rotatable bonds is 2. The molecule has 0 N–H and O–H groups in total. The lowest BCUT2D eigenvalue weighted by Crippen LogP contribution is -1.80. The van der Waals surface area contributed by atoms with Crippen molar-refractivity contribution in [3.05, 3.63) is 38.8 Å². The first kappa shape index (κ1) is 10.8. The summed E-state index contributed by atoms with van der Waals surface area (Å²) in [6, 6.07) is 7.35. The van der Waals surface area contributed by atoms with Gasteiger partial charge in [-0.3, -0.25) is 4.79 Å². The standard InChI is InChI=1S/C10H5BrClNOS/c11-9-8(5-14)13-10(15-9)6-1-3-7(12)4-2-6/h1-5H. The molecule has 0 radical (unpaired) electrons. The summed E-state index contributed by atoms with van der Waals surface area (Å²) in [6.07, 6.45) is 0.736.